The summed E-state index contributed by atoms with van der Waals surface area (Å²) in [6, 6.07) is 0. The number of unbranched alkanes of at least 4 members (excludes halogenated alkanes) is 2. The van der Waals surface area contributed by atoms with E-state index >= 15 is 0 Å². The highest BCUT2D eigenvalue weighted by atomic mass is 16.6. The van der Waals surface area contributed by atoms with Gasteiger partial charge in [-0.05, 0) is 40.5 Å². The van der Waals surface area contributed by atoms with Gasteiger partial charge in [-0.1, -0.05) is 25.0 Å². The van der Waals surface area contributed by atoms with Crippen LogP contribution in [0, 0.1) is 0 Å². The first-order valence-electron chi connectivity index (χ1n) is 8.35. The first-order chi connectivity index (χ1) is 11.3. The summed E-state index contributed by atoms with van der Waals surface area (Å²) in [6.07, 6.45) is 4.19. The number of amides is 1. The summed E-state index contributed by atoms with van der Waals surface area (Å²) in [7, 11) is 0. The van der Waals surface area contributed by atoms with Crippen LogP contribution in [0.25, 0.3) is 0 Å². The van der Waals surface area contributed by atoms with E-state index in [1.807, 2.05) is 0 Å². The zero-order valence-corrected chi connectivity index (χ0v) is 15.2. The topological polar surface area (TPSA) is 95.3 Å². The third kappa shape index (κ3) is 6.97. The van der Waals surface area contributed by atoms with E-state index in [4.69, 9.17) is 9.47 Å². The van der Waals surface area contributed by atoms with Gasteiger partial charge in [0.25, 0.3) is 0 Å². The lowest BCUT2D eigenvalue weighted by molar-refractivity contribution is 0.0469. The summed E-state index contributed by atoms with van der Waals surface area (Å²) in [5.41, 5.74) is -0.473. The van der Waals surface area contributed by atoms with Crippen LogP contribution in [0.1, 0.15) is 77.0 Å². The number of esters is 1. The van der Waals surface area contributed by atoms with Crippen LogP contribution in [-0.4, -0.2) is 39.3 Å². The molecule has 0 aliphatic rings. The molecule has 0 radical (unpaired) electrons. The second-order valence-electron chi connectivity index (χ2n) is 6.46. The molecule has 1 heterocycles. The van der Waals surface area contributed by atoms with E-state index < -0.39 is 23.8 Å². The third-order valence-corrected chi connectivity index (χ3v) is 3.08. The number of carbonyl (C=O) groups is 2. The standard InChI is InChI=1S/C16H28N4O4/c1-6-8-9-10-13(17-15(22)24-16(3,4)5)20-11-12(18-19-20)14(21)23-7-2/h11,13H,6-10H2,1-5H3,(H,17,22). The van der Waals surface area contributed by atoms with Gasteiger partial charge in [-0.3, -0.25) is 5.32 Å². The Hall–Kier alpha value is -2.12. The molecule has 8 heteroatoms. The molecule has 0 aliphatic carbocycles. The molecular weight excluding hydrogens is 312 g/mol. The molecule has 0 saturated carbocycles. The van der Waals surface area contributed by atoms with Crippen LogP contribution in [0.15, 0.2) is 6.20 Å². The van der Waals surface area contributed by atoms with Crippen molar-refractivity contribution in [2.75, 3.05) is 6.61 Å². The Morgan fingerprint density at radius 2 is 2.00 bits per heavy atom. The van der Waals surface area contributed by atoms with E-state index in [1.165, 1.54) is 10.9 Å². The van der Waals surface area contributed by atoms with E-state index in [2.05, 4.69) is 22.6 Å². The number of nitrogens with zero attached hydrogens (tertiary/aromatic N) is 3. The summed E-state index contributed by atoms with van der Waals surface area (Å²) in [5.74, 6) is -0.534. The van der Waals surface area contributed by atoms with Crippen molar-refractivity contribution in [2.24, 2.45) is 0 Å². The van der Waals surface area contributed by atoms with Crippen molar-refractivity contribution in [1.29, 1.82) is 0 Å². The lowest BCUT2D eigenvalue weighted by Crippen LogP contribution is -2.37. The maximum atomic E-state index is 12.0. The number of rotatable bonds is 8. The van der Waals surface area contributed by atoms with Crippen molar-refractivity contribution in [1.82, 2.24) is 20.3 Å². The fraction of sp³-hybridized carbons (Fsp3) is 0.750. The minimum Gasteiger partial charge on any atom is -0.461 e. The Bertz CT molecular complexity index is 536. The molecule has 1 aromatic rings. The van der Waals surface area contributed by atoms with Gasteiger partial charge in [0, 0.05) is 0 Å². The number of carbonyl (C=O) groups excluding carboxylic acids is 2. The van der Waals surface area contributed by atoms with Gasteiger partial charge in [0.1, 0.15) is 11.8 Å². The number of hydrogen-bond donors (Lipinski definition) is 1. The van der Waals surface area contributed by atoms with Crippen molar-refractivity contribution in [3.8, 4) is 0 Å². The van der Waals surface area contributed by atoms with Crippen molar-refractivity contribution in [3.63, 3.8) is 0 Å². The quantitative estimate of drug-likeness (QED) is 0.577. The molecule has 8 nitrogen and oxygen atoms in total. The van der Waals surface area contributed by atoms with Gasteiger partial charge < -0.3 is 9.47 Å². The van der Waals surface area contributed by atoms with Crippen LogP contribution in [-0.2, 0) is 9.47 Å². The molecule has 0 spiro atoms. The van der Waals surface area contributed by atoms with E-state index in [0.29, 0.717) is 6.42 Å². The molecule has 0 aromatic carbocycles. The average Bonchev–Trinajstić information content (AvgIpc) is 2.94. The van der Waals surface area contributed by atoms with Crippen molar-refractivity contribution < 1.29 is 19.1 Å². The largest absolute Gasteiger partial charge is 0.461 e. The number of alkyl carbamates (subject to hydrolysis) is 1. The number of ether oxygens (including phenoxy) is 2. The highest BCUT2D eigenvalue weighted by Crippen LogP contribution is 2.15. The van der Waals surface area contributed by atoms with Gasteiger partial charge >= 0.3 is 12.1 Å². The highest BCUT2D eigenvalue weighted by molar-refractivity contribution is 5.86. The second kappa shape index (κ2) is 9.24. The number of nitrogens with one attached hydrogen (secondary N) is 1. The first-order valence-corrected chi connectivity index (χ1v) is 8.35. The predicted molar refractivity (Wildman–Crippen MR) is 88.5 cm³/mol. The van der Waals surface area contributed by atoms with E-state index in [1.54, 1.807) is 27.7 Å². The zero-order valence-electron chi connectivity index (χ0n) is 15.2. The average molecular weight is 340 g/mol. The Balaban J connectivity index is 2.81. The SMILES string of the molecule is CCCCCC(NC(=O)OC(C)(C)C)n1cc(C(=O)OCC)nn1. The molecule has 136 valence electrons. The fourth-order valence-corrected chi connectivity index (χ4v) is 2.03. The van der Waals surface area contributed by atoms with E-state index in [9.17, 15) is 9.59 Å². The minimum absolute atomic E-state index is 0.114. The third-order valence-electron chi connectivity index (χ3n) is 3.08. The van der Waals surface area contributed by atoms with Crippen LogP contribution in [0.2, 0.25) is 0 Å². The van der Waals surface area contributed by atoms with Crippen LogP contribution in [0.3, 0.4) is 0 Å². The molecule has 1 unspecified atom stereocenters. The predicted octanol–water partition coefficient (Wildman–Crippen LogP) is 3.06. The summed E-state index contributed by atoms with van der Waals surface area (Å²) in [4.78, 5) is 23.7. The summed E-state index contributed by atoms with van der Waals surface area (Å²) in [6.45, 7) is 9.49. The van der Waals surface area contributed by atoms with E-state index in [-0.39, 0.29) is 12.3 Å². The molecule has 0 bridgehead atoms. The maximum Gasteiger partial charge on any atom is 0.409 e. The van der Waals surface area contributed by atoms with Crippen LogP contribution >= 0.6 is 0 Å². The van der Waals surface area contributed by atoms with Gasteiger partial charge in [0.15, 0.2) is 5.69 Å². The molecule has 1 atom stereocenters. The monoisotopic (exact) mass is 340 g/mol. The molecule has 1 N–H and O–H groups in total. The van der Waals surface area contributed by atoms with Crippen LogP contribution < -0.4 is 5.32 Å². The Labute approximate surface area is 142 Å². The smallest absolute Gasteiger partial charge is 0.409 e. The molecule has 0 saturated heterocycles. The molecule has 0 aliphatic heterocycles. The lowest BCUT2D eigenvalue weighted by atomic mass is 10.1. The molecule has 1 aromatic heterocycles. The zero-order chi connectivity index (χ0) is 18.2. The Kier molecular flexibility index (Phi) is 7.67. The fourth-order valence-electron chi connectivity index (χ4n) is 2.03. The first kappa shape index (κ1) is 19.9. The van der Waals surface area contributed by atoms with Gasteiger partial charge in [-0.25, -0.2) is 14.3 Å². The normalized spacial score (nSPS) is 12.5. The van der Waals surface area contributed by atoms with Crippen molar-refractivity contribution in [2.45, 2.75) is 72.1 Å². The maximum absolute atomic E-state index is 12.0. The van der Waals surface area contributed by atoms with Gasteiger partial charge in [-0.2, -0.15) is 0 Å². The van der Waals surface area contributed by atoms with Crippen molar-refractivity contribution >= 4 is 12.1 Å². The van der Waals surface area contributed by atoms with E-state index in [0.717, 1.165) is 19.3 Å². The molecule has 24 heavy (non-hydrogen) atoms. The Morgan fingerprint density at radius 1 is 1.29 bits per heavy atom. The van der Waals surface area contributed by atoms with Gasteiger partial charge in [0.05, 0.1) is 12.8 Å². The number of aromatic nitrogens is 3. The molecule has 1 rings (SSSR count). The summed E-state index contributed by atoms with van der Waals surface area (Å²) >= 11 is 0. The van der Waals surface area contributed by atoms with Gasteiger partial charge in [0.2, 0.25) is 0 Å². The summed E-state index contributed by atoms with van der Waals surface area (Å²) < 4.78 is 11.6. The Morgan fingerprint density at radius 3 is 2.58 bits per heavy atom. The van der Waals surface area contributed by atoms with Crippen LogP contribution in [0.4, 0.5) is 4.79 Å². The number of hydrogen-bond acceptors (Lipinski definition) is 6. The van der Waals surface area contributed by atoms with Crippen molar-refractivity contribution in [3.05, 3.63) is 11.9 Å². The lowest BCUT2D eigenvalue weighted by Gasteiger charge is -2.23. The second-order valence-corrected chi connectivity index (χ2v) is 6.46. The highest BCUT2D eigenvalue weighted by Gasteiger charge is 2.22. The van der Waals surface area contributed by atoms with Gasteiger partial charge in [-0.15, -0.1) is 5.10 Å². The molecule has 0 fully saturated rings. The van der Waals surface area contributed by atoms with Crippen LogP contribution in [0.5, 0.6) is 0 Å². The molecular formula is C16H28N4O4. The minimum atomic E-state index is -0.587. The molecule has 1 amide bonds. The summed E-state index contributed by atoms with van der Waals surface area (Å²) in [5, 5.41) is 10.5.